The first-order valence-corrected chi connectivity index (χ1v) is 7.04. The van der Waals surface area contributed by atoms with E-state index >= 15 is 0 Å². The molecular weight excluding hydrogens is 345 g/mol. The Balaban J connectivity index is 2.28. The van der Waals surface area contributed by atoms with Crippen molar-refractivity contribution < 1.29 is 13.2 Å². The quantitative estimate of drug-likeness (QED) is 0.319. The number of hydrazine groups is 1. The number of benzene rings is 1. The van der Waals surface area contributed by atoms with Gasteiger partial charge in [-0.1, -0.05) is 17.7 Å². The molecule has 0 radical (unpaired) electrons. The van der Waals surface area contributed by atoms with Gasteiger partial charge in [0.1, 0.15) is 28.9 Å². The third-order valence-electron chi connectivity index (χ3n) is 3.09. The van der Waals surface area contributed by atoms with E-state index in [-0.39, 0.29) is 22.3 Å². The second-order valence-electron chi connectivity index (χ2n) is 4.64. The van der Waals surface area contributed by atoms with Crippen molar-refractivity contribution in [3.05, 3.63) is 53.7 Å². The first kappa shape index (κ1) is 16.2. The summed E-state index contributed by atoms with van der Waals surface area (Å²) in [5.74, 6) is -3.08. The summed E-state index contributed by atoms with van der Waals surface area (Å²) in [4.78, 5) is 7.83. The average molecular weight is 355 g/mol. The van der Waals surface area contributed by atoms with Gasteiger partial charge in [0.2, 0.25) is 0 Å². The number of hydrogen-bond donors (Lipinski definition) is 2. The third-order valence-corrected chi connectivity index (χ3v) is 3.37. The first-order chi connectivity index (χ1) is 11.5. The van der Waals surface area contributed by atoms with Crippen LogP contribution in [-0.2, 0) is 0 Å². The molecule has 10 heteroatoms. The van der Waals surface area contributed by atoms with E-state index in [0.29, 0.717) is 18.7 Å². The van der Waals surface area contributed by atoms with Crippen LogP contribution in [-0.4, -0.2) is 26.1 Å². The number of nitrogens with zero attached hydrogens (tertiary/aromatic N) is 4. The Labute approximate surface area is 139 Å². The van der Waals surface area contributed by atoms with Gasteiger partial charge in [0.05, 0.1) is 11.1 Å². The molecule has 2 heterocycles. The van der Waals surface area contributed by atoms with E-state index in [0.717, 1.165) is 0 Å². The molecule has 0 atom stereocenters. The molecule has 124 valence electrons. The lowest BCUT2D eigenvalue weighted by Gasteiger charge is -2.15. The lowest BCUT2D eigenvalue weighted by Crippen LogP contribution is -2.24. The van der Waals surface area contributed by atoms with Crippen LogP contribution >= 0.6 is 11.6 Å². The second-order valence-corrected chi connectivity index (χ2v) is 5.00. The van der Waals surface area contributed by atoms with E-state index in [1.807, 2.05) is 0 Å². The molecule has 0 spiro atoms. The van der Waals surface area contributed by atoms with E-state index in [2.05, 4.69) is 32.5 Å². The zero-order chi connectivity index (χ0) is 17.3. The summed E-state index contributed by atoms with van der Waals surface area (Å²) in [5, 5.41) is 3.72. The molecule has 2 N–H and O–H groups in total. The molecule has 0 aliphatic carbocycles. The van der Waals surface area contributed by atoms with E-state index in [1.54, 1.807) is 6.08 Å². The topological polar surface area (TPSA) is 67.1 Å². The maximum absolute atomic E-state index is 14.2. The van der Waals surface area contributed by atoms with Crippen LogP contribution in [0, 0.1) is 17.5 Å². The fourth-order valence-electron chi connectivity index (χ4n) is 2.14. The minimum absolute atomic E-state index is 0.0914. The third kappa shape index (κ3) is 2.79. The summed E-state index contributed by atoms with van der Waals surface area (Å²) >= 11 is 6.09. The number of halogens is 4. The summed E-state index contributed by atoms with van der Waals surface area (Å²) in [6.45, 7) is 3.88. The summed E-state index contributed by atoms with van der Waals surface area (Å²) in [5.41, 5.74) is 4.84. The van der Waals surface area contributed by atoms with Crippen molar-refractivity contribution in [3.63, 3.8) is 0 Å². The summed E-state index contributed by atoms with van der Waals surface area (Å²) in [6, 6.07) is 1.11. The Morgan fingerprint density at radius 1 is 1.21 bits per heavy atom. The largest absolute Gasteiger partial charge is 0.305 e. The zero-order valence-electron chi connectivity index (χ0n) is 12.0. The van der Waals surface area contributed by atoms with Crippen LogP contribution in [0.4, 0.5) is 19.0 Å². The highest BCUT2D eigenvalue weighted by Crippen LogP contribution is 2.37. The van der Waals surface area contributed by atoms with E-state index in [4.69, 9.17) is 11.6 Å². The van der Waals surface area contributed by atoms with Crippen LogP contribution in [0.2, 0.25) is 5.15 Å². The van der Waals surface area contributed by atoms with Gasteiger partial charge in [0.25, 0.3) is 5.78 Å². The number of fused-ring (bicyclic) bond motifs is 1. The number of rotatable bonds is 5. The van der Waals surface area contributed by atoms with Crippen molar-refractivity contribution in [2.45, 2.75) is 0 Å². The molecule has 0 saturated carbocycles. The summed E-state index contributed by atoms with van der Waals surface area (Å²) in [7, 11) is 0. The highest BCUT2D eigenvalue weighted by molar-refractivity contribution is 6.33. The molecule has 0 bridgehead atoms. The van der Waals surface area contributed by atoms with Gasteiger partial charge in [-0.2, -0.15) is 19.6 Å². The van der Waals surface area contributed by atoms with Crippen molar-refractivity contribution in [1.82, 2.24) is 25.0 Å². The highest BCUT2D eigenvalue weighted by atomic mass is 35.5. The van der Waals surface area contributed by atoms with Crippen molar-refractivity contribution in [1.29, 1.82) is 0 Å². The van der Waals surface area contributed by atoms with Crippen LogP contribution < -0.4 is 10.9 Å². The fourth-order valence-corrected chi connectivity index (χ4v) is 2.40. The van der Waals surface area contributed by atoms with Crippen molar-refractivity contribution in [2.24, 2.45) is 0 Å². The molecular formula is C14H10ClF3N6. The summed E-state index contributed by atoms with van der Waals surface area (Å²) < 4.78 is 42.8. The molecule has 24 heavy (non-hydrogen) atoms. The SMILES string of the molecule is C=CCNNc1c(-c2c(F)cc(F)cc2F)c(Cl)nc2ncnn12. The fraction of sp³-hybridized carbons (Fsp3) is 0.0714. The Morgan fingerprint density at radius 2 is 1.92 bits per heavy atom. The van der Waals surface area contributed by atoms with Gasteiger partial charge in [0, 0.05) is 18.7 Å². The second kappa shape index (κ2) is 6.46. The molecule has 3 aromatic rings. The number of anilines is 1. The van der Waals surface area contributed by atoms with Gasteiger partial charge < -0.3 is 5.43 Å². The maximum Gasteiger partial charge on any atom is 0.255 e. The molecule has 0 unspecified atom stereocenters. The lowest BCUT2D eigenvalue weighted by molar-refractivity contribution is 0.548. The van der Waals surface area contributed by atoms with Gasteiger partial charge in [0.15, 0.2) is 5.82 Å². The normalized spacial score (nSPS) is 11.0. The minimum atomic E-state index is -1.12. The van der Waals surface area contributed by atoms with Crippen LogP contribution in [0.5, 0.6) is 0 Å². The van der Waals surface area contributed by atoms with E-state index < -0.39 is 23.0 Å². The molecule has 0 aliphatic rings. The molecule has 6 nitrogen and oxygen atoms in total. The Hall–Kier alpha value is -2.65. The molecule has 0 aliphatic heterocycles. The van der Waals surface area contributed by atoms with Crippen molar-refractivity contribution >= 4 is 23.2 Å². The van der Waals surface area contributed by atoms with Gasteiger partial charge in [-0.15, -0.1) is 6.58 Å². The molecule has 2 aromatic heterocycles. The first-order valence-electron chi connectivity index (χ1n) is 6.67. The van der Waals surface area contributed by atoms with Gasteiger partial charge in [-0.05, 0) is 0 Å². The van der Waals surface area contributed by atoms with Gasteiger partial charge in [-0.25, -0.2) is 18.6 Å². The Bertz CT molecular complexity index is 903. The minimum Gasteiger partial charge on any atom is -0.305 e. The monoisotopic (exact) mass is 354 g/mol. The Kier molecular flexibility index (Phi) is 4.36. The molecule has 0 saturated heterocycles. The Morgan fingerprint density at radius 3 is 2.58 bits per heavy atom. The number of hydrogen-bond acceptors (Lipinski definition) is 5. The van der Waals surface area contributed by atoms with Crippen molar-refractivity contribution in [2.75, 3.05) is 12.0 Å². The lowest BCUT2D eigenvalue weighted by atomic mass is 10.1. The molecule has 3 rings (SSSR count). The number of nitrogens with one attached hydrogen (secondary N) is 2. The highest BCUT2D eigenvalue weighted by Gasteiger charge is 2.24. The predicted molar refractivity (Wildman–Crippen MR) is 82.9 cm³/mol. The van der Waals surface area contributed by atoms with Gasteiger partial charge >= 0.3 is 0 Å². The predicted octanol–water partition coefficient (Wildman–Crippen LogP) is 2.96. The van der Waals surface area contributed by atoms with E-state index in [1.165, 1.54) is 10.8 Å². The van der Waals surface area contributed by atoms with Crippen LogP contribution in [0.15, 0.2) is 31.1 Å². The molecule has 0 fully saturated rings. The smallest absolute Gasteiger partial charge is 0.255 e. The van der Waals surface area contributed by atoms with Crippen LogP contribution in [0.1, 0.15) is 0 Å². The van der Waals surface area contributed by atoms with Crippen LogP contribution in [0.3, 0.4) is 0 Å². The van der Waals surface area contributed by atoms with E-state index in [9.17, 15) is 13.2 Å². The molecule has 1 aromatic carbocycles. The van der Waals surface area contributed by atoms with Crippen LogP contribution in [0.25, 0.3) is 16.9 Å². The number of aromatic nitrogens is 4. The maximum atomic E-state index is 14.2. The standard InChI is InChI=1S/C14H10ClF3N6/c1-2-3-20-23-13-11(10-8(17)4-7(16)5-9(10)18)12(15)22-14-19-6-21-24(13)14/h2,4-6,20,23H,1,3H2. The summed E-state index contributed by atoms with van der Waals surface area (Å²) in [6.07, 6.45) is 2.77. The molecule has 0 amide bonds. The zero-order valence-corrected chi connectivity index (χ0v) is 12.8. The average Bonchev–Trinajstić information content (AvgIpc) is 2.96. The van der Waals surface area contributed by atoms with Crippen molar-refractivity contribution in [3.8, 4) is 11.1 Å². The van der Waals surface area contributed by atoms with Gasteiger partial charge in [-0.3, -0.25) is 0 Å².